The Hall–Kier alpha value is -2.20. The second-order valence-corrected chi connectivity index (χ2v) is 4.87. The predicted octanol–water partition coefficient (Wildman–Crippen LogP) is 3.36. The van der Waals surface area contributed by atoms with Crippen molar-refractivity contribution >= 4 is 23.1 Å². The van der Waals surface area contributed by atoms with Crippen LogP contribution < -0.4 is 11.1 Å². The van der Waals surface area contributed by atoms with Crippen LogP contribution in [0.15, 0.2) is 47.6 Å². The van der Waals surface area contributed by atoms with Crippen molar-refractivity contribution in [1.82, 2.24) is 0 Å². The number of aryl methyl sites for hydroxylation is 1. The molecule has 0 spiro atoms. The fourth-order valence-electron chi connectivity index (χ4n) is 1.90. The van der Waals surface area contributed by atoms with Crippen molar-refractivity contribution in [3.63, 3.8) is 0 Å². The normalized spacial score (nSPS) is 11.4. The highest BCUT2D eigenvalue weighted by molar-refractivity contribution is 6.33. The first-order valence-electron chi connectivity index (χ1n) is 6.17. The van der Waals surface area contributed by atoms with Gasteiger partial charge in [-0.25, -0.2) is 0 Å². The molecule has 4 N–H and O–H groups in total. The summed E-state index contributed by atoms with van der Waals surface area (Å²) in [5, 5.41) is 15.6. The predicted molar refractivity (Wildman–Crippen MR) is 82.5 cm³/mol. The summed E-state index contributed by atoms with van der Waals surface area (Å²) in [4.78, 5) is 0. The van der Waals surface area contributed by atoms with Crippen LogP contribution in [0.3, 0.4) is 0 Å². The molecule has 2 aromatic carbocycles. The van der Waals surface area contributed by atoms with Crippen molar-refractivity contribution in [2.75, 3.05) is 5.32 Å². The number of oxime groups is 1. The largest absolute Gasteiger partial charge is 0.409 e. The Morgan fingerprint density at radius 3 is 2.55 bits per heavy atom. The molecule has 0 aromatic heterocycles. The van der Waals surface area contributed by atoms with E-state index in [1.807, 2.05) is 49.4 Å². The summed E-state index contributed by atoms with van der Waals surface area (Å²) < 4.78 is 0. The quantitative estimate of drug-likeness (QED) is 0.350. The number of hydrogen-bond acceptors (Lipinski definition) is 3. The zero-order valence-corrected chi connectivity index (χ0v) is 11.9. The van der Waals surface area contributed by atoms with E-state index < -0.39 is 0 Å². The molecule has 0 atom stereocenters. The lowest BCUT2D eigenvalue weighted by molar-refractivity contribution is 0.318. The molecule has 2 aromatic rings. The standard InChI is InChI=1S/C15H16ClN3O/c1-10-3-2-4-13(16)14(10)18-9-11-5-7-12(8-6-11)15(17)19-20/h2-8,18,20H,9H2,1H3,(H2,17,19). The van der Waals surface area contributed by atoms with Gasteiger partial charge in [0.05, 0.1) is 10.7 Å². The molecule has 2 rings (SSSR count). The fraction of sp³-hybridized carbons (Fsp3) is 0.133. The van der Waals surface area contributed by atoms with E-state index in [1.54, 1.807) is 0 Å². The number of amidine groups is 1. The molecular formula is C15H16ClN3O. The lowest BCUT2D eigenvalue weighted by Crippen LogP contribution is -2.13. The lowest BCUT2D eigenvalue weighted by Gasteiger charge is -2.11. The molecule has 0 bridgehead atoms. The average Bonchev–Trinajstić information content (AvgIpc) is 2.46. The maximum Gasteiger partial charge on any atom is 0.170 e. The molecule has 0 aliphatic heterocycles. The number of rotatable bonds is 4. The maximum absolute atomic E-state index is 8.61. The van der Waals surface area contributed by atoms with Crippen molar-refractivity contribution in [3.05, 3.63) is 64.2 Å². The Morgan fingerprint density at radius 2 is 1.95 bits per heavy atom. The van der Waals surface area contributed by atoms with Crippen molar-refractivity contribution in [1.29, 1.82) is 0 Å². The molecule has 4 nitrogen and oxygen atoms in total. The van der Waals surface area contributed by atoms with Gasteiger partial charge in [-0.05, 0) is 24.1 Å². The molecule has 0 radical (unpaired) electrons. The molecule has 0 unspecified atom stereocenters. The molecule has 104 valence electrons. The van der Waals surface area contributed by atoms with Gasteiger partial charge in [-0.15, -0.1) is 0 Å². The minimum atomic E-state index is 0.103. The smallest absolute Gasteiger partial charge is 0.170 e. The zero-order valence-electron chi connectivity index (χ0n) is 11.1. The van der Waals surface area contributed by atoms with E-state index >= 15 is 0 Å². The van der Waals surface area contributed by atoms with E-state index in [4.69, 9.17) is 22.5 Å². The Morgan fingerprint density at radius 1 is 1.25 bits per heavy atom. The van der Waals surface area contributed by atoms with Crippen molar-refractivity contribution in [2.45, 2.75) is 13.5 Å². The number of anilines is 1. The van der Waals surface area contributed by atoms with E-state index in [9.17, 15) is 0 Å². The van der Waals surface area contributed by atoms with Gasteiger partial charge in [0, 0.05) is 12.1 Å². The first-order valence-corrected chi connectivity index (χ1v) is 6.55. The highest BCUT2D eigenvalue weighted by atomic mass is 35.5. The summed E-state index contributed by atoms with van der Waals surface area (Å²) >= 11 is 6.16. The maximum atomic E-state index is 8.61. The van der Waals surface area contributed by atoms with Gasteiger partial charge in [-0.3, -0.25) is 0 Å². The number of halogens is 1. The minimum absolute atomic E-state index is 0.103. The molecule has 0 saturated carbocycles. The van der Waals surface area contributed by atoms with Crippen LogP contribution in [0, 0.1) is 6.92 Å². The highest BCUT2D eigenvalue weighted by Crippen LogP contribution is 2.25. The summed E-state index contributed by atoms with van der Waals surface area (Å²) in [6.07, 6.45) is 0. The second kappa shape index (κ2) is 6.30. The number of nitrogens with zero attached hydrogens (tertiary/aromatic N) is 1. The molecular weight excluding hydrogens is 274 g/mol. The van der Waals surface area contributed by atoms with Crippen LogP contribution in [0.2, 0.25) is 5.02 Å². The third-order valence-corrected chi connectivity index (χ3v) is 3.36. The van der Waals surface area contributed by atoms with Crippen molar-refractivity contribution < 1.29 is 5.21 Å². The van der Waals surface area contributed by atoms with Crippen LogP contribution in [-0.2, 0) is 6.54 Å². The van der Waals surface area contributed by atoms with E-state index in [2.05, 4.69) is 10.5 Å². The van der Waals surface area contributed by atoms with E-state index in [0.717, 1.165) is 16.8 Å². The number of nitrogens with two attached hydrogens (primary N) is 1. The summed E-state index contributed by atoms with van der Waals surface area (Å²) in [6.45, 7) is 2.66. The molecule has 0 fully saturated rings. The van der Waals surface area contributed by atoms with Gasteiger partial charge in [0.1, 0.15) is 0 Å². The molecule has 0 saturated heterocycles. The molecule has 0 heterocycles. The number of para-hydroxylation sites is 1. The number of hydrogen-bond donors (Lipinski definition) is 3. The Balaban J connectivity index is 2.08. The molecule has 0 amide bonds. The molecule has 0 aliphatic rings. The van der Waals surface area contributed by atoms with Gasteiger partial charge in [0.15, 0.2) is 5.84 Å². The van der Waals surface area contributed by atoms with E-state index in [-0.39, 0.29) is 5.84 Å². The van der Waals surface area contributed by atoms with Gasteiger partial charge in [-0.2, -0.15) is 0 Å². The van der Waals surface area contributed by atoms with Crippen LogP contribution in [0.5, 0.6) is 0 Å². The van der Waals surface area contributed by atoms with Crippen molar-refractivity contribution in [2.24, 2.45) is 10.9 Å². The van der Waals surface area contributed by atoms with Crippen molar-refractivity contribution in [3.8, 4) is 0 Å². The average molecular weight is 290 g/mol. The molecule has 20 heavy (non-hydrogen) atoms. The lowest BCUT2D eigenvalue weighted by atomic mass is 10.1. The van der Waals surface area contributed by atoms with Crippen LogP contribution in [-0.4, -0.2) is 11.0 Å². The summed E-state index contributed by atoms with van der Waals surface area (Å²) in [5.41, 5.74) is 9.33. The van der Waals surface area contributed by atoms with Gasteiger partial charge < -0.3 is 16.3 Å². The first kappa shape index (κ1) is 14.2. The van der Waals surface area contributed by atoms with Gasteiger partial charge in [-0.1, -0.05) is 53.2 Å². The van der Waals surface area contributed by atoms with Crippen LogP contribution in [0.25, 0.3) is 0 Å². The minimum Gasteiger partial charge on any atom is -0.409 e. The van der Waals surface area contributed by atoms with Crippen LogP contribution in [0.4, 0.5) is 5.69 Å². The topological polar surface area (TPSA) is 70.6 Å². The monoisotopic (exact) mass is 289 g/mol. The highest BCUT2D eigenvalue weighted by Gasteiger charge is 2.04. The zero-order chi connectivity index (χ0) is 14.5. The Labute approximate surface area is 122 Å². The summed E-state index contributed by atoms with van der Waals surface area (Å²) in [5.74, 6) is 0.103. The molecule has 0 aliphatic carbocycles. The number of nitrogens with one attached hydrogen (secondary N) is 1. The Bertz CT molecular complexity index is 603. The molecule has 5 heteroatoms. The Kier molecular flexibility index (Phi) is 4.48. The van der Waals surface area contributed by atoms with E-state index in [1.165, 1.54) is 0 Å². The number of benzene rings is 2. The fourth-order valence-corrected chi connectivity index (χ4v) is 2.19. The second-order valence-electron chi connectivity index (χ2n) is 4.47. The van der Waals surface area contributed by atoms with Gasteiger partial charge in [0.25, 0.3) is 0 Å². The van der Waals surface area contributed by atoms with Crippen LogP contribution >= 0.6 is 11.6 Å². The summed E-state index contributed by atoms with van der Waals surface area (Å²) in [7, 11) is 0. The SMILES string of the molecule is Cc1cccc(Cl)c1NCc1ccc(C(N)=NO)cc1. The van der Waals surface area contributed by atoms with Gasteiger partial charge in [0.2, 0.25) is 0 Å². The summed E-state index contributed by atoms with van der Waals surface area (Å²) in [6, 6.07) is 13.3. The van der Waals surface area contributed by atoms with Gasteiger partial charge >= 0.3 is 0 Å². The first-order chi connectivity index (χ1) is 9.61. The van der Waals surface area contributed by atoms with Crippen LogP contribution in [0.1, 0.15) is 16.7 Å². The third kappa shape index (κ3) is 3.22. The van der Waals surface area contributed by atoms with E-state index in [0.29, 0.717) is 17.1 Å². The third-order valence-electron chi connectivity index (χ3n) is 3.05.